The Labute approximate surface area is 172 Å². The minimum Gasteiger partial charge on any atom is -0.469 e. The molecular weight excluding hydrogens is 390 g/mol. The predicted octanol–water partition coefficient (Wildman–Crippen LogP) is 3.41. The number of aryl methyl sites for hydroxylation is 1. The third-order valence-electron chi connectivity index (χ3n) is 5.09. The maximum atomic E-state index is 12.6. The molecule has 8 nitrogen and oxygen atoms in total. The minimum atomic E-state index is -0.0570. The number of hydrogen-bond donors (Lipinski definition) is 1. The molecule has 9 heteroatoms. The van der Waals surface area contributed by atoms with E-state index in [9.17, 15) is 9.59 Å². The van der Waals surface area contributed by atoms with Crippen molar-refractivity contribution in [1.82, 2.24) is 24.6 Å². The molecule has 1 amide bonds. The lowest BCUT2D eigenvalue weighted by molar-refractivity contribution is 0.0787. The van der Waals surface area contributed by atoms with Crippen molar-refractivity contribution in [2.45, 2.75) is 38.4 Å². The number of aromatic nitrogens is 4. The van der Waals surface area contributed by atoms with E-state index in [2.05, 4.69) is 15.2 Å². The number of carbonyl (C=O) groups is 2. The number of hydrogen-bond acceptors (Lipinski definition) is 6. The van der Waals surface area contributed by atoms with E-state index in [-0.39, 0.29) is 17.4 Å². The quantitative estimate of drug-likeness (QED) is 0.471. The molecule has 1 fully saturated rings. The van der Waals surface area contributed by atoms with Crippen LogP contribution in [-0.4, -0.2) is 55.2 Å². The highest BCUT2D eigenvalue weighted by molar-refractivity contribution is 7.99. The molecular formula is C20H23N5O3S. The Kier molecular flexibility index (Phi) is 5.57. The first-order valence-corrected chi connectivity index (χ1v) is 10.7. The van der Waals surface area contributed by atoms with Gasteiger partial charge in [0.2, 0.25) is 0 Å². The van der Waals surface area contributed by atoms with Gasteiger partial charge in [0.25, 0.3) is 5.91 Å². The summed E-state index contributed by atoms with van der Waals surface area (Å²) in [7, 11) is 0. The van der Waals surface area contributed by atoms with Crippen molar-refractivity contribution in [3.8, 4) is 11.4 Å². The largest absolute Gasteiger partial charge is 0.469 e. The number of nitrogens with one attached hydrogen (secondary N) is 1. The second-order valence-corrected chi connectivity index (χ2v) is 7.90. The Morgan fingerprint density at radius 3 is 2.76 bits per heavy atom. The van der Waals surface area contributed by atoms with Gasteiger partial charge in [-0.15, -0.1) is 10.2 Å². The van der Waals surface area contributed by atoms with Crippen LogP contribution in [0.25, 0.3) is 11.4 Å². The number of H-pyrrole nitrogens is 1. The van der Waals surface area contributed by atoms with Gasteiger partial charge in [0.15, 0.2) is 16.8 Å². The molecule has 0 radical (unpaired) electrons. The molecule has 0 spiro atoms. The van der Waals surface area contributed by atoms with Gasteiger partial charge in [0.1, 0.15) is 11.5 Å². The van der Waals surface area contributed by atoms with Crippen LogP contribution in [0.2, 0.25) is 0 Å². The maximum absolute atomic E-state index is 12.6. The van der Waals surface area contributed by atoms with Gasteiger partial charge in [-0.3, -0.25) is 9.59 Å². The second kappa shape index (κ2) is 8.28. The fourth-order valence-electron chi connectivity index (χ4n) is 3.48. The first kappa shape index (κ1) is 19.5. The lowest BCUT2D eigenvalue weighted by Gasteiger charge is -2.13. The number of likely N-dealkylation sites (tertiary alicyclic amines) is 1. The predicted molar refractivity (Wildman–Crippen MR) is 109 cm³/mol. The second-order valence-electron chi connectivity index (χ2n) is 6.95. The van der Waals surface area contributed by atoms with Crippen LogP contribution in [0.5, 0.6) is 0 Å². The topological polar surface area (TPSA) is 97.0 Å². The first-order valence-electron chi connectivity index (χ1n) is 9.69. The summed E-state index contributed by atoms with van der Waals surface area (Å²) in [6, 6.07) is 3.51. The van der Waals surface area contributed by atoms with Gasteiger partial charge < -0.3 is 18.9 Å². The van der Waals surface area contributed by atoms with Gasteiger partial charge in [-0.05, 0) is 38.8 Å². The zero-order valence-corrected chi connectivity index (χ0v) is 17.3. The highest BCUT2D eigenvalue weighted by Crippen LogP contribution is 2.27. The molecule has 0 aliphatic carbocycles. The summed E-state index contributed by atoms with van der Waals surface area (Å²) in [5.41, 5.74) is 1.87. The number of nitrogens with zero attached hydrogens (tertiary/aromatic N) is 4. The van der Waals surface area contributed by atoms with Crippen molar-refractivity contribution in [2.75, 3.05) is 18.8 Å². The van der Waals surface area contributed by atoms with Gasteiger partial charge in [-0.25, -0.2) is 0 Å². The number of thioether (sulfide) groups is 1. The average molecular weight is 414 g/mol. The fraction of sp³-hybridized carbons (Fsp3) is 0.400. The number of aromatic amines is 1. The molecule has 1 aliphatic heterocycles. The smallest absolute Gasteiger partial charge is 0.270 e. The van der Waals surface area contributed by atoms with Crippen LogP contribution < -0.4 is 0 Å². The molecule has 0 bridgehead atoms. The third-order valence-corrected chi connectivity index (χ3v) is 6.06. The normalized spacial score (nSPS) is 13.9. The highest BCUT2D eigenvalue weighted by atomic mass is 32.2. The Morgan fingerprint density at radius 2 is 2.07 bits per heavy atom. The fourth-order valence-corrected chi connectivity index (χ4v) is 4.38. The summed E-state index contributed by atoms with van der Waals surface area (Å²) in [6.45, 7) is 6.14. The van der Waals surface area contributed by atoms with Crippen molar-refractivity contribution in [3.63, 3.8) is 0 Å². The molecule has 0 aromatic carbocycles. The van der Waals surface area contributed by atoms with Gasteiger partial charge in [-0.2, -0.15) is 0 Å². The Bertz CT molecular complexity index is 1030. The summed E-state index contributed by atoms with van der Waals surface area (Å²) in [4.78, 5) is 29.8. The third kappa shape index (κ3) is 3.87. The summed E-state index contributed by atoms with van der Waals surface area (Å²) < 4.78 is 7.33. The van der Waals surface area contributed by atoms with E-state index in [0.717, 1.165) is 43.1 Å². The van der Waals surface area contributed by atoms with Crippen LogP contribution in [0, 0.1) is 6.92 Å². The number of ketones is 1. The van der Waals surface area contributed by atoms with Gasteiger partial charge in [0.05, 0.1) is 17.6 Å². The molecule has 152 valence electrons. The maximum Gasteiger partial charge on any atom is 0.270 e. The van der Waals surface area contributed by atoms with Crippen LogP contribution in [0.15, 0.2) is 34.2 Å². The zero-order chi connectivity index (χ0) is 20.4. The minimum absolute atomic E-state index is 0.0416. The van der Waals surface area contributed by atoms with Crippen LogP contribution in [0.3, 0.4) is 0 Å². The van der Waals surface area contributed by atoms with E-state index in [0.29, 0.717) is 23.0 Å². The van der Waals surface area contributed by atoms with Crippen molar-refractivity contribution in [1.29, 1.82) is 0 Å². The molecule has 3 aromatic heterocycles. The first-order chi connectivity index (χ1) is 14.1. The standard InChI is InChI=1S/C20H23N5O3S/c1-3-25-18(15-6-9-28-13(15)2)22-23-20(25)29-12-17(26)14-10-16(21-11-14)19(27)24-7-4-5-8-24/h6,9-11,21H,3-5,7-8,12H2,1-2H3. The van der Waals surface area contributed by atoms with Crippen molar-refractivity contribution in [2.24, 2.45) is 0 Å². The molecule has 0 atom stereocenters. The summed E-state index contributed by atoms with van der Waals surface area (Å²) >= 11 is 1.34. The number of Topliss-reactive ketones (excluding diaryl/α,β-unsaturated/α-hetero) is 1. The molecule has 1 aliphatic rings. The van der Waals surface area contributed by atoms with Gasteiger partial charge in [-0.1, -0.05) is 11.8 Å². The molecule has 1 saturated heterocycles. The SMILES string of the molecule is CCn1c(SCC(=O)c2c[nH]c(C(=O)N3CCCC3)c2)nnc1-c1ccoc1C. The molecule has 1 N–H and O–H groups in total. The number of rotatable bonds is 7. The van der Waals surface area contributed by atoms with E-state index in [1.807, 2.05) is 29.4 Å². The Balaban J connectivity index is 1.43. The zero-order valence-electron chi connectivity index (χ0n) is 16.5. The van der Waals surface area contributed by atoms with E-state index < -0.39 is 0 Å². The van der Waals surface area contributed by atoms with E-state index in [1.165, 1.54) is 11.8 Å². The van der Waals surface area contributed by atoms with Crippen LogP contribution in [-0.2, 0) is 6.54 Å². The van der Waals surface area contributed by atoms with Crippen molar-refractivity contribution >= 4 is 23.5 Å². The molecule has 3 aromatic rings. The number of furan rings is 1. The van der Waals surface area contributed by atoms with Gasteiger partial charge >= 0.3 is 0 Å². The van der Waals surface area contributed by atoms with Crippen LogP contribution in [0.1, 0.15) is 46.4 Å². The molecule has 0 saturated carbocycles. The monoisotopic (exact) mass is 413 g/mol. The Hall–Kier alpha value is -2.81. The summed E-state index contributed by atoms with van der Waals surface area (Å²) in [6.07, 6.45) is 5.31. The molecule has 4 rings (SSSR count). The average Bonchev–Trinajstić information content (AvgIpc) is 3.52. The van der Waals surface area contributed by atoms with Crippen molar-refractivity contribution < 1.29 is 14.0 Å². The Morgan fingerprint density at radius 1 is 1.28 bits per heavy atom. The van der Waals surface area contributed by atoms with E-state index in [4.69, 9.17) is 4.42 Å². The highest BCUT2D eigenvalue weighted by Gasteiger charge is 2.22. The lowest BCUT2D eigenvalue weighted by atomic mass is 10.2. The number of amides is 1. The van der Waals surface area contributed by atoms with E-state index in [1.54, 1.807) is 18.5 Å². The lowest BCUT2D eigenvalue weighted by Crippen LogP contribution is -2.27. The van der Waals surface area contributed by atoms with Gasteiger partial charge in [0, 0.05) is 31.4 Å². The van der Waals surface area contributed by atoms with E-state index >= 15 is 0 Å². The molecule has 29 heavy (non-hydrogen) atoms. The van der Waals surface area contributed by atoms with Crippen LogP contribution in [0.4, 0.5) is 0 Å². The number of carbonyl (C=O) groups excluding carboxylic acids is 2. The molecule has 4 heterocycles. The van der Waals surface area contributed by atoms with Crippen LogP contribution >= 0.6 is 11.8 Å². The summed E-state index contributed by atoms with van der Waals surface area (Å²) in [5, 5.41) is 9.21. The van der Waals surface area contributed by atoms with Crippen molar-refractivity contribution in [3.05, 3.63) is 41.6 Å². The summed E-state index contributed by atoms with van der Waals surface area (Å²) in [5.74, 6) is 1.63. The molecule has 0 unspecified atom stereocenters.